The third-order valence-electron chi connectivity index (χ3n) is 3.85. The van der Waals surface area contributed by atoms with Gasteiger partial charge in [-0.25, -0.2) is 15.0 Å². The van der Waals surface area contributed by atoms with Gasteiger partial charge in [-0.2, -0.15) is 4.86 Å². The fourth-order valence-electron chi connectivity index (χ4n) is 2.65. The van der Waals surface area contributed by atoms with Gasteiger partial charge in [-0.05, 0) is 0 Å². The Kier molecular flexibility index (Phi) is 8.60. The van der Waals surface area contributed by atoms with Crippen LogP contribution in [0.25, 0.3) is 11.2 Å². The number of nitrogens with one attached hydrogen (secondary N) is 1. The summed E-state index contributed by atoms with van der Waals surface area (Å²) in [6.45, 7) is -1.03. The Morgan fingerprint density at radius 2 is 1.84 bits per heavy atom. The SMILES string of the molecule is Nc1ncnc2c1ncn2C1OC(COP(=O)([O-])OP(=O)([O-])NP(=O)([O-])O)C(O)C1O.[Mg+2]. The van der Waals surface area contributed by atoms with Crippen LogP contribution in [-0.4, -0.2) is 82.6 Å². The summed E-state index contributed by atoms with van der Waals surface area (Å²) in [6.07, 6.45) is -3.87. The van der Waals surface area contributed by atoms with E-state index in [4.69, 9.17) is 15.4 Å². The minimum absolute atomic E-state index is 0. The number of nitrogens with two attached hydrogens (primary N) is 1. The van der Waals surface area contributed by atoms with Crippen LogP contribution in [0.2, 0.25) is 0 Å². The first-order valence-electron chi connectivity index (χ1n) is 7.95. The van der Waals surface area contributed by atoms with Crippen molar-refractivity contribution in [3.05, 3.63) is 12.7 Å². The van der Waals surface area contributed by atoms with Crippen molar-refractivity contribution in [2.45, 2.75) is 24.5 Å². The molecule has 1 saturated heterocycles. The fourth-order valence-corrected chi connectivity index (χ4v) is 5.93. The van der Waals surface area contributed by atoms with Crippen molar-refractivity contribution < 1.29 is 57.1 Å². The number of rotatable bonds is 8. The standard InChI is InChI=1S/C10H17N6O12P3.Mg/c11-8-5-9(13-2-12-8)16(3-14-5)10-7(18)6(17)4(27-10)1-26-31(24,25)28-30(22,23)15-29(19,20)21;/h2-4,6-7,10,17-18H,1H2,(H,24,25)(H2,11,12,13)(H4,15,19,20,21,22,23);/q;+2/p-3. The Morgan fingerprint density at radius 3 is 2.47 bits per heavy atom. The molecule has 0 amide bonds. The molecule has 18 nitrogen and oxygen atoms in total. The summed E-state index contributed by atoms with van der Waals surface area (Å²) in [5.74, 6) is 0.0299. The zero-order valence-corrected chi connectivity index (χ0v) is 19.7. The number of ether oxygens (including phenoxy) is 1. The number of anilines is 1. The topological polar surface area (TPSA) is 290 Å². The largest absolute Gasteiger partial charge is 2.00 e. The summed E-state index contributed by atoms with van der Waals surface area (Å²) >= 11 is 0. The molecule has 1 fully saturated rings. The van der Waals surface area contributed by atoms with E-state index in [1.54, 1.807) is 0 Å². The molecule has 1 aliphatic rings. The molecule has 22 heteroatoms. The van der Waals surface area contributed by atoms with Gasteiger partial charge >= 0.3 is 23.1 Å². The van der Waals surface area contributed by atoms with Gasteiger partial charge in [-0.3, -0.25) is 22.6 Å². The number of hydrogen-bond donors (Lipinski definition) is 5. The molecule has 0 saturated carbocycles. The van der Waals surface area contributed by atoms with Crippen molar-refractivity contribution in [1.82, 2.24) is 24.4 Å². The molecule has 0 bridgehead atoms. The molecule has 0 aromatic carbocycles. The molecule has 7 unspecified atom stereocenters. The molecule has 2 aromatic rings. The number of imidazole rings is 1. The van der Waals surface area contributed by atoms with Crippen LogP contribution < -0.4 is 25.3 Å². The van der Waals surface area contributed by atoms with Gasteiger partial charge in [0.05, 0.1) is 12.9 Å². The van der Waals surface area contributed by atoms with E-state index in [1.807, 2.05) is 0 Å². The molecule has 6 N–H and O–H groups in total. The summed E-state index contributed by atoms with van der Waals surface area (Å²) in [5.41, 5.74) is 5.96. The molecular formula is C10H14MgN6O12P3-. The van der Waals surface area contributed by atoms with E-state index in [0.717, 1.165) is 6.33 Å². The summed E-state index contributed by atoms with van der Waals surface area (Å²) in [6, 6.07) is 0. The Bertz CT molecular complexity index is 1110. The van der Waals surface area contributed by atoms with Gasteiger partial charge in [0.15, 0.2) is 17.7 Å². The van der Waals surface area contributed by atoms with Crippen molar-refractivity contribution in [2.24, 2.45) is 0 Å². The zero-order valence-electron chi connectivity index (χ0n) is 15.6. The quantitative estimate of drug-likeness (QED) is 0.160. The Labute approximate surface area is 194 Å². The van der Waals surface area contributed by atoms with Gasteiger partial charge in [0.2, 0.25) is 15.5 Å². The third-order valence-corrected chi connectivity index (χ3v) is 7.97. The first-order chi connectivity index (χ1) is 14.2. The number of aliphatic hydroxyl groups is 2. The number of phosphoric acid groups is 1. The molecule has 3 rings (SSSR count). The van der Waals surface area contributed by atoms with Crippen LogP contribution >= 0.6 is 23.3 Å². The van der Waals surface area contributed by atoms with Crippen LogP contribution in [0.1, 0.15) is 6.23 Å². The Hall–Kier alpha value is -0.594. The summed E-state index contributed by atoms with van der Waals surface area (Å²) in [7, 11) is -17.2. The van der Waals surface area contributed by atoms with Crippen molar-refractivity contribution in [1.29, 1.82) is 0 Å². The van der Waals surface area contributed by atoms with Gasteiger partial charge < -0.3 is 44.8 Å². The minimum Gasteiger partial charge on any atom is -0.766 e. The van der Waals surface area contributed by atoms with Gasteiger partial charge in [0.1, 0.15) is 30.2 Å². The van der Waals surface area contributed by atoms with Crippen LogP contribution in [-0.2, 0) is 27.3 Å². The van der Waals surface area contributed by atoms with E-state index >= 15 is 0 Å². The maximum atomic E-state index is 11.7. The molecule has 0 radical (unpaired) electrons. The number of nitrogens with zero attached hydrogens (tertiary/aromatic N) is 4. The van der Waals surface area contributed by atoms with E-state index in [9.17, 15) is 38.6 Å². The van der Waals surface area contributed by atoms with Crippen LogP contribution in [0, 0.1) is 0 Å². The number of aromatic nitrogens is 4. The van der Waals surface area contributed by atoms with Crippen molar-refractivity contribution in [3.8, 4) is 0 Å². The summed E-state index contributed by atoms with van der Waals surface area (Å²) in [5, 5.41) is 20.4. The second-order valence-electron chi connectivity index (χ2n) is 6.07. The van der Waals surface area contributed by atoms with E-state index in [1.165, 1.54) is 10.9 Å². The minimum atomic E-state index is -5.83. The molecule has 174 valence electrons. The molecule has 3 heterocycles. The molecule has 2 aromatic heterocycles. The van der Waals surface area contributed by atoms with Crippen molar-refractivity contribution in [2.75, 3.05) is 12.3 Å². The maximum absolute atomic E-state index is 11.7. The van der Waals surface area contributed by atoms with Crippen LogP contribution in [0.15, 0.2) is 12.7 Å². The molecule has 32 heavy (non-hydrogen) atoms. The van der Waals surface area contributed by atoms with Crippen molar-refractivity contribution >= 4 is 63.4 Å². The average Bonchev–Trinajstić information content (AvgIpc) is 3.13. The van der Waals surface area contributed by atoms with Crippen LogP contribution in [0.4, 0.5) is 5.82 Å². The van der Waals surface area contributed by atoms with E-state index < -0.39 is 54.5 Å². The maximum Gasteiger partial charge on any atom is 2.00 e. The monoisotopic (exact) mass is 527 g/mol. The first-order valence-corrected chi connectivity index (χ1v) is 12.5. The number of hydrogen-bond acceptors (Lipinski definition) is 15. The van der Waals surface area contributed by atoms with E-state index in [0.29, 0.717) is 4.86 Å². The first kappa shape index (κ1) is 27.6. The number of nitrogen functional groups attached to an aromatic ring is 1. The normalized spacial score (nSPS) is 29.1. The zero-order chi connectivity index (χ0) is 23.2. The molecule has 0 spiro atoms. The van der Waals surface area contributed by atoms with Gasteiger partial charge in [0, 0.05) is 0 Å². The predicted octanol–water partition coefficient (Wildman–Crippen LogP) is -4.33. The molecule has 1 aliphatic heterocycles. The second-order valence-corrected chi connectivity index (χ2v) is 10.7. The van der Waals surface area contributed by atoms with E-state index in [2.05, 4.69) is 23.8 Å². The Balaban J connectivity index is 0.00000363. The molecule has 7 atom stereocenters. The number of fused-ring (bicyclic) bond motifs is 1. The second kappa shape index (κ2) is 9.95. The van der Waals surface area contributed by atoms with E-state index in [-0.39, 0.29) is 40.0 Å². The van der Waals surface area contributed by atoms with Gasteiger partial charge in [0.25, 0.3) is 7.82 Å². The Morgan fingerprint density at radius 1 is 1.19 bits per heavy atom. The predicted molar refractivity (Wildman–Crippen MR) is 96.6 cm³/mol. The fraction of sp³-hybridized carbons (Fsp3) is 0.500. The molecule has 0 aliphatic carbocycles. The van der Waals surface area contributed by atoms with Crippen LogP contribution in [0.5, 0.6) is 0 Å². The van der Waals surface area contributed by atoms with Gasteiger partial charge in [-0.1, -0.05) is 0 Å². The summed E-state index contributed by atoms with van der Waals surface area (Å²) < 4.78 is 47.9. The van der Waals surface area contributed by atoms with Crippen LogP contribution in [0.3, 0.4) is 0 Å². The number of phosphoric ester groups is 1. The number of aliphatic hydroxyl groups excluding tert-OH is 2. The molecular weight excluding hydrogens is 513 g/mol. The third kappa shape index (κ3) is 6.50. The summed E-state index contributed by atoms with van der Waals surface area (Å²) in [4.78, 5) is 54.1. The van der Waals surface area contributed by atoms with Crippen molar-refractivity contribution in [3.63, 3.8) is 0 Å². The average molecular weight is 527 g/mol. The van der Waals surface area contributed by atoms with Gasteiger partial charge in [-0.15, -0.1) is 0 Å². The smallest absolute Gasteiger partial charge is 0.766 e.